The minimum atomic E-state index is -0.479. The molecule has 2 aromatic rings. The maximum atomic E-state index is 11.9. The SMILES string of the molecule is N#Cc1cnn(CCO)c1NC(=O)Nc1ccccc1. The second-order valence-corrected chi connectivity index (χ2v) is 3.91. The van der Waals surface area contributed by atoms with Gasteiger partial charge in [-0.1, -0.05) is 18.2 Å². The van der Waals surface area contributed by atoms with Gasteiger partial charge in [-0.2, -0.15) is 10.4 Å². The molecule has 102 valence electrons. The highest BCUT2D eigenvalue weighted by Gasteiger charge is 2.13. The summed E-state index contributed by atoms with van der Waals surface area (Å²) >= 11 is 0. The van der Waals surface area contributed by atoms with Crippen LogP contribution >= 0.6 is 0 Å². The summed E-state index contributed by atoms with van der Waals surface area (Å²) in [4.78, 5) is 11.9. The number of nitrogens with zero attached hydrogens (tertiary/aromatic N) is 3. The number of para-hydroxylation sites is 1. The number of nitriles is 1. The summed E-state index contributed by atoms with van der Waals surface area (Å²) in [5, 5.41) is 27.0. The molecule has 2 rings (SSSR count). The molecule has 1 aromatic heterocycles. The van der Waals surface area contributed by atoms with E-state index in [0.717, 1.165) is 0 Å². The van der Waals surface area contributed by atoms with Crippen LogP contribution in [0.2, 0.25) is 0 Å². The van der Waals surface area contributed by atoms with E-state index in [9.17, 15) is 4.79 Å². The van der Waals surface area contributed by atoms with Crippen LogP contribution in [-0.4, -0.2) is 27.5 Å². The van der Waals surface area contributed by atoms with Crippen LogP contribution in [0.15, 0.2) is 36.5 Å². The first-order valence-corrected chi connectivity index (χ1v) is 5.94. The minimum Gasteiger partial charge on any atom is -0.394 e. The molecule has 1 aromatic carbocycles. The lowest BCUT2D eigenvalue weighted by atomic mass is 10.3. The first-order valence-electron chi connectivity index (χ1n) is 5.94. The van der Waals surface area contributed by atoms with Gasteiger partial charge in [0.05, 0.1) is 19.3 Å². The Morgan fingerprint density at radius 2 is 2.10 bits per heavy atom. The highest BCUT2D eigenvalue weighted by Crippen LogP contribution is 2.14. The number of aliphatic hydroxyl groups excluding tert-OH is 1. The molecular weight excluding hydrogens is 258 g/mol. The Hall–Kier alpha value is -2.85. The number of hydrogen-bond donors (Lipinski definition) is 3. The topological polar surface area (TPSA) is 103 Å². The Morgan fingerprint density at radius 3 is 2.75 bits per heavy atom. The largest absolute Gasteiger partial charge is 0.394 e. The number of carbonyl (C=O) groups is 1. The predicted octanol–water partition coefficient (Wildman–Crippen LogP) is 1.39. The number of nitrogens with one attached hydrogen (secondary N) is 2. The van der Waals surface area contributed by atoms with E-state index in [4.69, 9.17) is 10.4 Å². The maximum Gasteiger partial charge on any atom is 0.324 e. The lowest BCUT2D eigenvalue weighted by Crippen LogP contribution is -2.22. The molecule has 0 aliphatic carbocycles. The predicted molar refractivity (Wildman–Crippen MR) is 73.1 cm³/mol. The number of aromatic nitrogens is 2. The van der Waals surface area contributed by atoms with E-state index in [2.05, 4.69) is 15.7 Å². The van der Waals surface area contributed by atoms with Crippen LogP contribution in [0.4, 0.5) is 16.3 Å². The summed E-state index contributed by atoms with van der Waals surface area (Å²) in [6.07, 6.45) is 1.34. The molecule has 0 spiro atoms. The standard InChI is InChI=1S/C13H13N5O2/c14-8-10-9-15-18(6-7-19)12(10)17-13(20)16-11-4-2-1-3-5-11/h1-5,9,19H,6-7H2,(H2,16,17,20). The smallest absolute Gasteiger partial charge is 0.324 e. The third-order valence-corrected chi connectivity index (χ3v) is 2.54. The summed E-state index contributed by atoms with van der Waals surface area (Å²) in [6.45, 7) is 0.0597. The number of amides is 2. The van der Waals surface area contributed by atoms with Crippen LogP contribution in [0.25, 0.3) is 0 Å². The normalized spacial score (nSPS) is 9.80. The van der Waals surface area contributed by atoms with Gasteiger partial charge in [0.15, 0.2) is 5.82 Å². The summed E-state index contributed by atoms with van der Waals surface area (Å²) in [5.41, 5.74) is 0.874. The van der Waals surface area contributed by atoms with Crippen LogP contribution < -0.4 is 10.6 Å². The third-order valence-electron chi connectivity index (χ3n) is 2.54. The Bertz CT molecular complexity index is 630. The van der Waals surface area contributed by atoms with Gasteiger partial charge in [-0.05, 0) is 12.1 Å². The molecule has 0 saturated heterocycles. The molecule has 0 aliphatic heterocycles. The fraction of sp³-hybridized carbons (Fsp3) is 0.154. The number of anilines is 2. The molecule has 0 radical (unpaired) electrons. The van der Waals surface area contributed by atoms with E-state index < -0.39 is 6.03 Å². The number of rotatable bonds is 4. The lowest BCUT2D eigenvalue weighted by molar-refractivity contribution is 0.260. The van der Waals surface area contributed by atoms with E-state index in [1.807, 2.05) is 12.1 Å². The van der Waals surface area contributed by atoms with Crippen molar-refractivity contribution in [3.63, 3.8) is 0 Å². The van der Waals surface area contributed by atoms with Crippen molar-refractivity contribution in [1.29, 1.82) is 5.26 Å². The van der Waals surface area contributed by atoms with Crippen molar-refractivity contribution in [2.75, 3.05) is 17.2 Å². The molecule has 7 heteroatoms. The second-order valence-electron chi connectivity index (χ2n) is 3.91. The highest BCUT2D eigenvalue weighted by molar-refractivity contribution is 5.99. The van der Waals surface area contributed by atoms with Crippen molar-refractivity contribution in [2.45, 2.75) is 6.54 Å². The average molecular weight is 271 g/mol. The van der Waals surface area contributed by atoms with Crippen LogP contribution in [0.3, 0.4) is 0 Å². The van der Waals surface area contributed by atoms with Crippen molar-refractivity contribution < 1.29 is 9.90 Å². The number of hydrogen-bond acceptors (Lipinski definition) is 4. The van der Waals surface area contributed by atoms with E-state index >= 15 is 0 Å². The van der Waals surface area contributed by atoms with Gasteiger partial charge in [-0.3, -0.25) is 5.32 Å². The van der Waals surface area contributed by atoms with Crippen molar-refractivity contribution in [3.05, 3.63) is 42.1 Å². The van der Waals surface area contributed by atoms with Crippen LogP contribution in [0.1, 0.15) is 5.56 Å². The van der Waals surface area contributed by atoms with E-state index in [1.165, 1.54) is 10.9 Å². The second kappa shape index (κ2) is 6.36. The van der Waals surface area contributed by atoms with Gasteiger partial charge in [0.1, 0.15) is 11.6 Å². The molecule has 0 atom stereocenters. The Labute approximate surface area is 115 Å². The van der Waals surface area contributed by atoms with Crippen LogP contribution in [0, 0.1) is 11.3 Å². The van der Waals surface area contributed by atoms with Gasteiger partial charge in [0, 0.05) is 5.69 Å². The summed E-state index contributed by atoms with van der Waals surface area (Å²) in [6, 6.07) is 10.4. The Balaban J connectivity index is 2.11. The summed E-state index contributed by atoms with van der Waals surface area (Å²) < 4.78 is 1.36. The van der Waals surface area contributed by atoms with Crippen LogP contribution in [0.5, 0.6) is 0 Å². The first-order chi connectivity index (χ1) is 9.74. The van der Waals surface area contributed by atoms with Crippen molar-refractivity contribution in [2.24, 2.45) is 0 Å². The number of aliphatic hydroxyl groups is 1. The Kier molecular flexibility index (Phi) is 4.32. The van der Waals surface area contributed by atoms with Crippen LogP contribution in [-0.2, 0) is 6.54 Å². The van der Waals surface area contributed by atoms with Gasteiger partial charge in [0.2, 0.25) is 0 Å². The van der Waals surface area contributed by atoms with Gasteiger partial charge >= 0.3 is 6.03 Å². The van der Waals surface area contributed by atoms with Crippen molar-refractivity contribution >= 4 is 17.5 Å². The average Bonchev–Trinajstić information content (AvgIpc) is 2.82. The monoisotopic (exact) mass is 271 g/mol. The first kappa shape index (κ1) is 13.6. The quantitative estimate of drug-likeness (QED) is 0.781. The molecule has 0 bridgehead atoms. The third kappa shape index (κ3) is 3.13. The number of carbonyl (C=O) groups excluding carboxylic acids is 1. The van der Waals surface area contributed by atoms with Crippen molar-refractivity contribution in [1.82, 2.24) is 9.78 Å². The molecule has 1 heterocycles. The van der Waals surface area contributed by atoms with Crippen molar-refractivity contribution in [3.8, 4) is 6.07 Å². The van der Waals surface area contributed by atoms with E-state index in [0.29, 0.717) is 5.69 Å². The number of urea groups is 1. The van der Waals surface area contributed by atoms with Gasteiger partial charge in [0.25, 0.3) is 0 Å². The van der Waals surface area contributed by atoms with E-state index in [-0.39, 0.29) is 24.5 Å². The fourth-order valence-electron chi connectivity index (χ4n) is 1.65. The molecule has 20 heavy (non-hydrogen) atoms. The maximum absolute atomic E-state index is 11.9. The molecule has 0 aliphatic rings. The minimum absolute atomic E-state index is 0.137. The van der Waals surface area contributed by atoms with Gasteiger partial charge < -0.3 is 10.4 Å². The summed E-state index contributed by atoms with van der Waals surface area (Å²) in [7, 11) is 0. The molecule has 2 amide bonds. The van der Waals surface area contributed by atoms with Gasteiger partial charge in [-0.25, -0.2) is 9.48 Å². The number of benzene rings is 1. The molecule has 7 nitrogen and oxygen atoms in total. The Morgan fingerprint density at radius 1 is 1.35 bits per heavy atom. The zero-order chi connectivity index (χ0) is 14.4. The molecule has 0 fully saturated rings. The summed E-state index contributed by atoms with van der Waals surface area (Å²) in [5.74, 6) is 0.259. The van der Waals surface area contributed by atoms with Gasteiger partial charge in [-0.15, -0.1) is 0 Å². The molecule has 0 unspecified atom stereocenters. The molecule has 0 saturated carbocycles. The fourth-order valence-corrected chi connectivity index (χ4v) is 1.65. The molecular formula is C13H13N5O2. The van der Waals surface area contributed by atoms with E-state index in [1.54, 1.807) is 24.3 Å². The zero-order valence-electron chi connectivity index (χ0n) is 10.6. The highest BCUT2D eigenvalue weighted by atomic mass is 16.3. The zero-order valence-corrected chi connectivity index (χ0v) is 10.6. The lowest BCUT2D eigenvalue weighted by Gasteiger charge is -2.09. The molecule has 3 N–H and O–H groups in total.